The molecule has 0 aromatic heterocycles. The fourth-order valence-electron chi connectivity index (χ4n) is 1.57. The van der Waals surface area contributed by atoms with Gasteiger partial charge in [-0.25, -0.2) is 0 Å². The molecule has 92 valence electrons. The third-order valence-electron chi connectivity index (χ3n) is 2.31. The molecular formula is C14H18O3. The molecule has 0 aliphatic carbocycles. The van der Waals surface area contributed by atoms with Crippen molar-refractivity contribution in [3.8, 4) is 5.75 Å². The highest BCUT2D eigenvalue weighted by Gasteiger charge is 2.09. The van der Waals surface area contributed by atoms with Gasteiger partial charge in [0, 0.05) is 5.56 Å². The van der Waals surface area contributed by atoms with E-state index in [4.69, 9.17) is 9.47 Å². The van der Waals surface area contributed by atoms with Crippen molar-refractivity contribution >= 4 is 12.0 Å². The second kappa shape index (κ2) is 6.74. The van der Waals surface area contributed by atoms with Crippen molar-refractivity contribution in [2.24, 2.45) is 0 Å². The quantitative estimate of drug-likeness (QED) is 0.735. The van der Waals surface area contributed by atoms with Crippen LogP contribution in [0.15, 0.2) is 24.3 Å². The van der Waals surface area contributed by atoms with Gasteiger partial charge in [0.15, 0.2) is 0 Å². The van der Waals surface area contributed by atoms with E-state index in [0.29, 0.717) is 12.4 Å². The highest BCUT2D eigenvalue weighted by atomic mass is 16.5. The Hall–Kier alpha value is -1.77. The van der Waals surface area contributed by atoms with Gasteiger partial charge in [0.2, 0.25) is 0 Å². The van der Waals surface area contributed by atoms with Gasteiger partial charge in [-0.1, -0.05) is 24.3 Å². The van der Waals surface area contributed by atoms with E-state index in [1.807, 2.05) is 37.3 Å². The zero-order chi connectivity index (χ0) is 12.7. The molecule has 0 fully saturated rings. The van der Waals surface area contributed by atoms with E-state index in [-0.39, 0.29) is 12.4 Å². The Morgan fingerprint density at radius 3 is 2.76 bits per heavy atom. The Morgan fingerprint density at radius 1 is 1.41 bits per heavy atom. The Bertz CT molecular complexity index is 408. The van der Waals surface area contributed by atoms with Crippen LogP contribution in [0.4, 0.5) is 0 Å². The number of ether oxygens (including phenoxy) is 2. The summed E-state index contributed by atoms with van der Waals surface area (Å²) < 4.78 is 10.2. The summed E-state index contributed by atoms with van der Waals surface area (Å²) in [7, 11) is 1.60. The van der Waals surface area contributed by atoms with Gasteiger partial charge in [-0.2, -0.15) is 0 Å². The Labute approximate surface area is 102 Å². The third kappa shape index (κ3) is 3.94. The van der Waals surface area contributed by atoms with E-state index < -0.39 is 0 Å². The van der Waals surface area contributed by atoms with Gasteiger partial charge in [-0.15, -0.1) is 0 Å². The van der Waals surface area contributed by atoms with Crippen LogP contribution < -0.4 is 4.74 Å². The Balaban J connectivity index is 2.88. The summed E-state index contributed by atoms with van der Waals surface area (Å²) in [5.74, 6) is 0.484. The molecule has 0 spiro atoms. The van der Waals surface area contributed by atoms with E-state index >= 15 is 0 Å². The molecule has 0 amide bonds. The minimum Gasteiger partial charge on any atom is -0.496 e. The van der Waals surface area contributed by atoms with E-state index in [1.165, 1.54) is 0 Å². The zero-order valence-corrected chi connectivity index (χ0v) is 10.5. The fraction of sp³-hybridized carbons (Fsp3) is 0.357. The lowest BCUT2D eigenvalue weighted by Gasteiger charge is -2.09. The monoisotopic (exact) mass is 234 g/mol. The maximum absolute atomic E-state index is 11.4. The van der Waals surface area contributed by atoms with Crippen molar-refractivity contribution < 1.29 is 14.3 Å². The summed E-state index contributed by atoms with van der Waals surface area (Å²) in [6, 6.07) is 5.76. The lowest BCUT2D eigenvalue weighted by Crippen LogP contribution is -2.08. The molecule has 17 heavy (non-hydrogen) atoms. The molecule has 0 bridgehead atoms. The standard InChI is InChI=1S/C14H18O3/c1-4-6-11-7-8-12(13(9-11)16-3)10-14(15)17-5-2/h4,6-9H,5,10H2,1-3H3. The minimum atomic E-state index is -0.232. The van der Waals surface area contributed by atoms with Gasteiger partial charge < -0.3 is 9.47 Å². The number of hydrogen-bond acceptors (Lipinski definition) is 3. The number of hydrogen-bond donors (Lipinski definition) is 0. The molecule has 1 aromatic carbocycles. The lowest BCUT2D eigenvalue weighted by molar-refractivity contribution is -0.142. The van der Waals surface area contributed by atoms with Crippen LogP contribution in [0.5, 0.6) is 5.75 Å². The molecule has 0 atom stereocenters. The van der Waals surface area contributed by atoms with Crippen molar-refractivity contribution in [2.45, 2.75) is 20.3 Å². The molecule has 3 nitrogen and oxygen atoms in total. The van der Waals surface area contributed by atoms with Gasteiger partial charge >= 0.3 is 5.97 Å². The molecule has 3 heteroatoms. The maximum Gasteiger partial charge on any atom is 0.310 e. The first-order valence-corrected chi connectivity index (χ1v) is 5.66. The number of benzene rings is 1. The van der Waals surface area contributed by atoms with Gasteiger partial charge in [-0.3, -0.25) is 4.79 Å². The number of rotatable bonds is 5. The van der Waals surface area contributed by atoms with Crippen LogP contribution in [-0.2, 0) is 16.0 Å². The van der Waals surface area contributed by atoms with Gasteiger partial charge in [-0.05, 0) is 25.5 Å². The lowest BCUT2D eigenvalue weighted by atomic mass is 10.1. The zero-order valence-electron chi connectivity index (χ0n) is 10.5. The van der Waals surface area contributed by atoms with Crippen LogP contribution in [0, 0.1) is 0 Å². The molecule has 1 aromatic rings. The first-order valence-electron chi connectivity index (χ1n) is 5.66. The molecule has 0 aliphatic rings. The molecular weight excluding hydrogens is 216 g/mol. The highest BCUT2D eigenvalue weighted by molar-refractivity contribution is 5.74. The fourth-order valence-corrected chi connectivity index (χ4v) is 1.57. The first-order chi connectivity index (χ1) is 8.21. The van der Waals surface area contributed by atoms with E-state index in [2.05, 4.69) is 0 Å². The van der Waals surface area contributed by atoms with Crippen LogP contribution in [0.3, 0.4) is 0 Å². The van der Waals surface area contributed by atoms with Crippen LogP contribution >= 0.6 is 0 Å². The van der Waals surface area contributed by atoms with Crippen LogP contribution in [0.25, 0.3) is 6.08 Å². The summed E-state index contributed by atoms with van der Waals surface area (Å²) in [6.45, 7) is 4.15. The van der Waals surface area contributed by atoms with Crippen molar-refractivity contribution in [1.29, 1.82) is 0 Å². The second-order valence-corrected chi connectivity index (χ2v) is 3.55. The number of esters is 1. The number of carbonyl (C=O) groups excluding carboxylic acids is 1. The average Bonchev–Trinajstić information content (AvgIpc) is 2.31. The van der Waals surface area contributed by atoms with Crippen LogP contribution in [-0.4, -0.2) is 19.7 Å². The Kier molecular flexibility index (Phi) is 5.27. The molecule has 0 N–H and O–H groups in total. The highest BCUT2D eigenvalue weighted by Crippen LogP contribution is 2.21. The van der Waals surface area contributed by atoms with Crippen molar-refractivity contribution in [2.75, 3.05) is 13.7 Å². The number of allylic oxidation sites excluding steroid dienone is 1. The molecule has 1 rings (SSSR count). The molecule has 0 saturated carbocycles. The molecule has 0 aliphatic heterocycles. The summed E-state index contributed by atoms with van der Waals surface area (Å²) in [5.41, 5.74) is 1.90. The predicted molar refractivity (Wildman–Crippen MR) is 68.0 cm³/mol. The third-order valence-corrected chi connectivity index (χ3v) is 2.31. The van der Waals surface area contributed by atoms with Crippen molar-refractivity contribution in [3.63, 3.8) is 0 Å². The van der Waals surface area contributed by atoms with Crippen molar-refractivity contribution in [1.82, 2.24) is 0 Å². The Morgan fingerprint density at radius 2 is 2.18 bits per heavy atom. The molecule has 0 heterocycles. The summed E-state index contributed by atoms with van der Waals surface area (Å²) in [4.78, 5) is 11.4. The molecule has 0 unspecified atom stereocenters. The first kappa shape index (κ1) is 13.3. The normalized spacial score (nSPS) is 10.5. The maximum atomic E-state index is 11.4. The van der Waals surface area contributed by atoms with E-state index in [9.17, 15) is 4.79 Å². The predicted octanol–water partition coefficient (Wildman–Crippen LogP) is 2.83. The number of carbonyl (C=O) groups is 1. The SMILES string of the molecule is CC=Cc1ccc(CC(=O)OCC)c(OC)c1. The largest absolute Gasteiger partial charge is 0.496 e. The van der Waals surface area contributed by atoms with Crippen molar-refractivity contribution in [3.05, 3.63) is 35.4 Å². The topological polar surface area (TPSA) is 35.5 Å². The molecule has 0 saturated heterocycles. The average molecular weight is 234 g/mol. The van der Waals surface area contributed by atoms with E-state index in [1.54, 1.807) is 14.0 Å². The smallest absolute Gasteiger partial charge is 0.310 e. The van der Waals surface area contributed by atoms with Gasteiger partial charge in [0.1, 0.15) is 5.75 Å². The van der Waals surface area contributed by atoms with E-state index in [0.717, 1.165) is 11.1 Å². The molecule has 0 radical (unpaired) electrons. The van der Waals surface area contributed by atoms with Crippen LogP contribution in [0.1, 0.15) is 25.0 Å². The summed E-state index contributed by atoms with van der Waals surface area (Å²) in [6.07, 6.45) is 4.18. The van der Waals surface area contributed by atoms with Gasteiger partial charge in [0.05, 0.1) is 20.1 Å². The van der Waals surface area contributed by atoms with Crippen LogP contribution in [0.2, 0.25) is 0 Å². The second-order valence-electron chi connectivity index (χ2n) is 3.55. The van der Waals surface area contributed by atoms with Gasteiger partial charge in [0.25, 0.3) is 0 Å². The summed E-state index contributed by atoms with van der Waals surface area (Å²) >= 11 is 0. The minimum absolute atomic E-state index is 0.232. The summed E-state index contributed by atoms with van der Waals surface area (Å²) in [5, 5.41) is 0. The number of methoxy groups -OCH3 is 1.